The summed E-state index contributed by atoms with van der Waals surface area (Å²) in [7, 11) is 0. The van der Waals surface area contributed by atoms with E-state index in [-0.39, 0.29) is 24.8 Å². The molecule has 0 bridgehead atoms. The largest absolute Gasteiger partial charge is 0.372 e. The predicted molar refractivity (Wildman–Crippen MR) is 97.7 cm³/mol. The summed E-state index contributed by atoms with van der Waals surface area (Å²) >= 11 is 0. The van der Waals surface area contributed by atoms with Gasteiger partial charge in [0.25, 0.3) is 6.43 Å². The molecule has 134 valence electrons. The smallest absolute Gasteiger partial charge is 0.258 e. The Bertz CT molecular complexity index is 422. The molecule has 1 heterocycles. The molecular weight excluding hydrogens is 343 g/mol. The normalized spacial score (nSPS) is 16.4. The lowest BCUT2D eigenvalue weighted by molar-refractivity contribution is 0.0182. The van der Waals surface area contributed by atoms with Gasteiger partial charge in [-0.1, -0.05) is 12.1 Å². The fourth-order valence-electron chi connectivity index (χ4n) is 2.95. The molecule has 1 saturated heterocycles. The van der Waals surface area contributed by atoms with Gasteiger partial charge in [0.1, 0.15) is 0 Å². The highest BCUT2D eigenvalue weighted by Gasteiger charge is 2.29. The highest BCUT2D eigenvalue weighted by Crippen LogP contribution is 2.29. The zero-order valence-electron chi connectivity index (χ0n) is 13.7. The van der Waals surface area contributed by atoms with E-state index in [1.165, 1.54) is 0 Å². The lowest BCUT2D eigenvalue weighted by atomic mass is 10.0. The molecule has 1 N–H and O–H groups in total. The molecule has 0 aliphatic carbocycles. The van der Waals surface area contributed by atoms with Crippen LogP contribution in [-0.2, 0) is 0 Å². The predicted octanol–water partition coefficient (Wildman–Crippen LogP) is 3.59. The van der Waals surface area contributed by atoms with Gasteiger partial charge in [0.05, 0.1) is 6.04 Å². The van der Waals surface area contributed by atoms with E-state index in [9.17, 15) is 8.78 Å². The number of nitrogens with zero attached hydrogens (tertiary/aromatic N) is 2. The Kier molecular flexibility index (Phi) is 10.7. The van der Waals surface area contributed by atoms with Crippen LogP contribution in [0.3, 0.4) is 0 Å². The van der Waals surface area contributed by atoms with Crippen molar-refractivity contribution in [3.05, 3.63) is 29.8 Å². The molecular formula is C16H27Cl2F2N3. The van der Waals surface area contributed by atoms with Crippen LogP contribution >= 0.6 is 24.8 Å². The van der Waals surface area contributed by atoms with E-state index in [2.05, 4.69) is 24.1 Å². The van der Waals surface area contributed by atoms with Gasteiger partial charge < -0.3 is 10.2 Å². The number of nitrogens with one attached hydrogen (secondary N) is 1. The van der Waals surface area contributed by atoms with Gasteiger partial charge in [0.15, 0.2) is 0 Å². The van der Waals surface area contributed by atoms with E-state index in [1.54, 1.807) is 0 Å². The van der Waals surface area contributed by atoms with Gasteiger partial charge in [0, 0.05) is 45.0 Å². The Hall–Kier alpha value is -0.620. The third-order valence-electron chi connectivity index (χ3n) is 4.15. The number of hydrogen-bond donors (Lipinski definition) is 1. The first-order valence-electron chi connectivity index (χ1n) is 7.75. The fraction of sp³-hybridized carbons (Fsp3) is 0.625. The maximum atomic E-state index is 13.5. The minimum Gasteiger partial charge on any atom is -0.372 e. The molecule has 23 heavy (non-hydrogen) atoms. The maximum Gasteiger partial charge on any atom is 0.258 e. The van der Waals surface area contributed by atoms with Crippen LogP contribution in [0.15, 0.2) is 24.3 Å². The van der Waals surface area contributed by atoms with Gasteiger partial charge in [-0.05, 0) is 31.5 Å². The molecule has 7 heteroatoms. The van der Waals surface area contributed by atoms with Crippen molar-refractivity contribution in [1.82, 2.24) is 10.2 Å². The summed E-state index contributed by atoms with van der Waals surface area (Å²) in [6, 6.07) is 6.83. The summed E-state index contributed by atoms with van der Waals surface area (Å²) in [6.07, 6.45) is -2.36. The average Bonchev–Trinajstić information content (AvgIpc) is 2.51. The van der Waals surface area contributed by atoms with Crippen LogP contribution in [0.1, 0.15) is 25.5 Å². The molecule has 1 atom stereocenters. The Morgan fingerprint density at radius 2 is 1.57 bits per heavy atom. The Balaban J connectivity index is 0.00000242. The lowest BCUT2D eigenvalue weighted by Crippen LogP contribution is -2.46. The standard InChI is InChI=1S/C16H25F2N3.2ClH/c1-3-20(4-2)14-7-5-13(6-8-14)15(16(17)18)21-11-9-19-10-12-21;;/h5-8,15-16,19H,3-4,9-12H2,1-2H3;2*1H/t15-;;/m0../s1. The summed E-state index contributed by atoms with van der Waals surface area (Å²) in [6.45, 7) is 8.94. The minimum absolute atomic E-state index is 0. The van der Waals surface area contributed by atoms with E-state index in [0.29, 0.717) is 18.7 Å². The van der Waals surface area contributed by atoms with Crippen LogP contribution in [-0.4, -0.2) is 50.6 Å². The molecule has 0 radical (unpaired) electrons. The molecule has 1 aromatic carbocycles. The number of rotatable bonds is 6. The highest BCUT2D eigenvalue weighted by atomic mass is 35.5. The van der Waals surface area contributed by atoms with Crippen molar-refractivity contribution in [2.75, 3.05) is 44.2 Å². The summed E-state index contributed by atoms with van der Waals surface area (Å²) in [5.74, 6) is 0. The molecule has 0 spiro atoms. The number of anilines is 1. The van der Waals surface area contributed by atoms with Crippen molar-refractivity contribution < 1.29 is 8.78 Å². The van der Waals surface area contributed by atoms with Gasteiger partial charge in [-0.2, -0.15) is 0 Å². The van der Waals surface area contributed by atoms with Crippen molar-refractivity contribution in [2.45, 2.75) is 26.3 Å². The third-order valence-corrected chi connectivity index (χ3v) is 4.15. The SMILES string of the molecule is CCN(CC)c1ccc([C@@H](C(F)F)N2CCNCC2)cc1.Cl.Cl. The van der Waals surface area contributed by atoms with Crippen molar-refractivity contribution in [3.8, 4) is 0 Å². The molecule has 0 saturated carbocycles. The second kappa shape index (κ2) is 11.0. The number of hydrogen-bond acceptors (Lipinski definition) is 3. The van der Waals surface area contributed by atoms with E-state index >= 15 is 0 Å². The van der Waals surface area contributed by atoms with Crippen molar-refractivity contribution in [3.63, 3.8) is 0 Å². The Morgan fingerprint density at radius 1 is 1.04 bits per heavy atom. The Morgan fingerprint density at radius 3 is 2.00 bits per heavy atom. The zero-order valence-corrected chi connectivity index (χ0v) is 15.3. The number of piperazine rings is 1. The zero-order chi connectivity index (χ0) is 15.2. The second-order valence-electron chi connectivity index (χ2n) is 5.33. The van der Waals surface area contributed by atoms with Gasteiger partial charge in [0.2, 0.25) is 0 Å². The minimum atomic E-state index is -2.36. The first-order chi connectivity index (χ1) is 10.2. The number of halogens is 4. The molecule has 0 aromatic heterocycles. The van der Waals surface area contributed by atoms with Gasteiger partial charge in [-0.25, -0.2) is 8.78 Å². The van der Waals surface area contributed by atoms with Crippen molar-refractivity contribution >= 4 is 30.5 Å². The monoisotopic (exact) mass is 369 g/mol. The summed E-state index contributed by atoms with van der Waals surface area (Å²) in [4.78, 5) is 4.10. The number of alkyl halides is 2. The van der Waals surface area contributed by atoms with Gasteiger partial charge in [-0.3, -0.25) is 4.90 Å². The molecule has 1 fully saturated rings. The second-order valence-corrected chi connectivity index (χ2v) is 5.33. The topological polar surface area (TPSA) is 18.5 Å². The van der Waals surface area contributed by atoms with E-state index in [1.807, 2.05) is 29.2 Å². The molecule has 0 amide bonds. The maximum absolute atomic E-state index is 13.5. The quantitative estimate of drug-likeness (QED) is 0.826. The molecule has 3 nitrogen and oxygen atoms in total. The molecule has 1 aromatic rings. The van der Waals surface area contributed by atoms with Crippen LogP contribution in [0.25, 0.3) is 0 Å². The van der Waals surface area contributed by atoms with Crippen LogP contribution < -0.4 is 10.2 Å². The van der Waals surface area contributed by atoms with Gasteiger partial charge >= 0.3 is 0 Å². The summed E-state index contributed by atoms with van der Waals surface area (Å²) in [5, 5.41) is 3.21. The number of benzene rings is 1. The summed E-state index contributed by atoms with van der Waals surface area (Å²) < 4.78 is 27.0. The van der Waals surface area contributed by atoms with Crippen LogP contribution in [0, 0.1) is 0 Å². The molecule has 1 aliphatic rings. The first kappa shape index (κ1) is 22.4. The van der Waals surface area contributed by atoms with Gasteiger partial charge in [-0.15, -0.1) is 24.8 Å². The van der Waals surface area contributed by atoms with Crippen LogP contribution in [0.4, 0.5) is 14.5 Å². The van der Waals surface area contributed by atoms with Crippen molar-refractivity contribution in [2.24, 2.45) is 0 Å². The third kappa shape index (κ3) is 5.75. The highest BCUT2D eigenvalue weighted by molar-refractivity contribution is 5.85. The van der Waals surface area contributed by atoms with E-state index < -0.39 is 12.5 Å². The average molecular weight is 370 g/mol. The first-order valence-corrected chi connectivity index (χ1v) is 7.75. The van der Waals surface area contributed by atoms with Crippen LogP contribution in [0.2, 0.25) is 0 Å². The van der Waals surface area contributed by atoms with E-state index in [0.717, 1.165) is 31.9 Å². The molecule has 2 rings (SSSR count). The molecule has 0 unspecified atom stereocenters. The lowest BCUT2D eigenvalue weighted by Gasteiger charge is -2.34. The summed E-state index contributed by atoms with van der Waals surface area (Å²) in [5.41, 5.74) is 1.81. The molecule has 1 aliphatic heterocycles. The Labute approximate surface area is 150 Å². The fourth-order valence-corrected chi connectivity index (χ4v) is 2.95. The van der Waals surface area contributed by atoms with Crippen molar-refractivity contribution in [1.29, 1.82) is 0 Å². The van der Waals surface area contributed by atoms with E-state index in [4.69, 9.17) is 0 Å². The van der Waals surface area contributed by atoms with Crippen LogP contribution in [0.5, 0.6) is 0 Å².